The van der Waals surface area contributed by atoms with Gasteiger partial charge in [0.1, 0.15) is 23.6 Å². The van der Waals surface area contributed by atoms with Crippen LogP contribution in [0.2, 0.25) is 0 Å². The van der Waals surface area contributed by atoms with Crippen molar-refractivity contribution in [2.75, 3.05) is 4.90 Å². The molecule has 1 spiro atoms. The number of carbonyl (C=O) groups excluding carboxylic acids is 2. The van der Waals surface area contributed by atoms with E-state index in [9.17, 15) is 9.59 Å². The third-order valence-corrected chi connectivity index (χ3v) is 4.59. The van der Waals surface area contributed by atoms with Crippen LogP contribution in [0.5, 0.6) is 0 Å². The SMILES string of the molecule is N#Cc1cccc(N2C(=O)C3(C[CH]CCC3)CC2C(N)=O)n1. The van der Waals surface area contributed by atoms with Crippen LogP contribution in [0, 0.1) is 23.2 Å². The van der Waals surface area contributed by atoms with Crippen molar-refractivity contribution >= 4 is 17.6 Å². The van der Waals surface area contributed by atoms with E-state index in [0.29, 0.717) is 18.7 Å². The molecule has 22 heavy (non-hydrogen) atoms. The average Bonchev–Trinajstić information content (AvgIpc) is 2.81. The Bertz CT molecular complexity index is 658. The van der Waals surface area contributed by atoms with Crippen molar-refractivity contribution in [2.45, 2.75) is 38.1 Å². The lowest BCUT2D eigenvalue weighted by molar-refractivity contribution is -0.126. The summed E-state index contributed by atoms with van der Waals surface area (Å²) in [6, 6.07) is 6.11. The molecule has 2 N–H and O–H groups in total. The molecule has 2 fully saturated rings. The van der Waals surface area contributed by atoms with E-state index < -0.39 is 17.4 Å². The summed E-state index contributed by atoms with van der Waals surface area (Å²) in [5.74, 6) is -0.301. The Balaban J connectivity index is 2.01. The highest BCUT2D eigenvalue weighted by Gasteiger charge is 2.54. The molecule has 1 saturated heterocycles. The molecule has 2 aliphatic rings. The third kappa shape index (κ3) is 2.23. The van der Waals surface area contributed by atoms with Gasteiger partial charge in [-0.25, -0.2) is 4.98 Å². The van der Waals surface area contributed by atoms with E-state index in [-0.39, 0.29) is 11.6 Å². The fourth-order valence-corrected chi connectivity index (χ4v) is 3.50. The predicted molar refractivity (Wildman–Crippen MR) is 79.2 cm³/mol. The van der Waals surface area contributed by atoms with Crippen molar-refractivity contribution in [2.24, 2.45) is 11.1 Å². The van der Waals surface area contributed by atoms with Crippen LogP contribution in [-0.4, -0.2) is 22.8 Å². The number of hydrogen-bond acceptors (Lipinski definition) is 4. The second kappa shape index (κ2) is 5.41. The van der Waals surface area contributed by atoms with Crippen LogP contribution in [0.4, 0.5) is 5.82 Å². The number of hydrogen-bond donors (Lipinski definition) is 1. The molecular weight excluding hydrogens is 280 g/mol. The van der Waals surface area contributed by atoms with Crippen LogP contribution < -0.4 is 10.6 Å². The first kappa shape index (κ1) is 14.5. The molecule has 0 aromatic carbocycles. The molecule has 1 aliphatic heterocycles. The van der Waals surface area contributed by atoms with Crippen molar-refractivity contribution in [3.05, 3.63) is 30.3 Å². The number of nitrogens with two attached hydrogens (primary N) is 1. The van der Waals surface area contributed by atoms with Crippen LogP contribution in [-0.2, 0) is 9.59 Å². The molecule has 1 aliphatic carbocycles. The smallest absolute Gasteiger partial charge is 0.240 e. The molecule has 1 saturated carbocycles. The third-order valence-electron chi connectivity index (χ3n) is 4.59. The van der Waals surface area contributed by atoms with E-state index in [1.807, 2.05) is 6.07 Å². The minimum atomic E-state index is -0.694. The van der Waals surface area contributed by atoms with Gasteiger partial charge in [0.25, 0.3) is 0 Å². The first-order valence-corrected chi connectivity index (χ1v) is 7.39. The van der Waals surface area contributed by atoms with Gasteiger partial charge in [0.2, 0.25) is 11.8 Å². The van der Waals surface area contributed by atoms with Crippen molar-refractivity contribution in [3.63, 3.8) is 0 Å². The van der Waals surface area contributed by atoms with E-state index in [1.165, 1.54) is 4.90 Å². The Morgan fingerprint density at radius 1 is 1.50 bits per heavy atom. The molecule has 2 atom stereocenters. The highest BCUT2D eigenvalue weighted by atomic mass is 16.2. The molecule has 1 radical (unpaired) electrons. The number of amides is 2. The molecule has 3 rings (SSSR count). The van der Waals surface area contributed by atoms with E-state index >= 15 is 0 Å². The monoisotopic (exact) mass is 297 g/mol. The van der Waals surface area contributed by atoms with Crippen LogP contribution in [0.1, 0.15) is 37.8 Å². The summed E-state index contributed by atoms with van der Waals surface area (Å²) in [7, 11) is 0. The van der Waals surface area contributed by atoms with Gasteiger partial charge in [0.15, 0.2) is 0 Å². The summed E-state index contributed by atoms with van der Waals surface area (Å²) < 4.78 is 0. The Hall–Kier alpha value is -2.42. The second-order valence-corrected chi connectivity index (χ2v) is 5.96. The zero-order chi connectivity index (χ0) is 15.7. The van der Waals surface area contributed by atoms with Crippen molar-refractivity contribution < 1.29 is 9.59 Å². The highest BCUT2D eigenvalue weighted by molar-refractivity contribution is 6.06. The predicted octanol–water partition coefficient (Wildman–Crippen LogP) is 1.31. The zero-order valence-corrected chi connectivity index (χ0v) is 12.2. The molecule has 6 nitrogen and oxygen atoms in total. The van der Waals surface area contributed by atoms with Gasteiger partial charge in [0, 0.05) is 0 Å². The van der Waals surface area contributed by atoms with Crippen molar-refractivity contribution in [3.8, 4) is 6.07 Å². The lowest BCUT2D eigenvalue weighted by atomic mass is 9.72. The molecule has 1 aromatic rings. The van der Waals surface area contributed by atoms with Crippen molar-refractivity contribution in [1.29, 1.82) is 5.26 Å². The Kier molecular flexibility index (Phi) is 3.57. The van der Waals surface area contributed by atoms with Gasteiger partial charge >= 0.3 is 0 Å². The summed E-state index contributed by atoms with van der Waals surface area (Å²) in [4.78, 5) is 30.4. The Morgan fingerprint density at radius 2 is 2.32 bits per heavy atom. The number of pyridine rings is 1. The maximum Gasteiger partial charge on any atom is 0.240 e. The zero-order valence-electron chi connectivity index (χ0n) is 12.2. The van der Waals surface area contributed by atoms with Gasteiger partial charge in [-0.05, 0) is 37.8 Å². The number of carbonyl (C=O) groups is 2. The number of nitriles is 1. The second-order valence-electron chi connectivity index (χ2n) is 5.96. The van der Waals surface area contributed by atoms with E-state index in [4.69, 9.17) is 11.0 Å². The van der Waals surface area contributed by atoms with E-state index in [1.54, 1.807) is 18.2 Å². The lowest BCUT2D eigenvalue weighted by Gasteiger charge is -2.31. The minimum absolute atomic E-state index is 0.102. The normalized spacial score (nSPS) is 23.5. The van der Waals surface area contributed by atoms with E-state index in [2.05, 4.69) is 11.4 Å². The maximum absolute atomic E-state index is 13.0. The molecule has 2 amide bonds. The van der Waals surface area contributed by atoms with Crippen LogP contribution in [0.3, 0.4) is 0 Å². The first-order valence-electron chi connectivity index (χ1n) is 7.39. The first-order chi connectivity index (χ1) is 10.6. The van der Waals surface area contributed by atoms with Gasteiger partial charge in [0.05, 0.1) is 5.41 Å². The van der Waals surface area contributed by atoms with Gasteiger partial charge in [-0.2, -0.15) is 5.26 Å². The molecular formula is C16H17N4O2. The topological polar surface area (TPSA) is 100 Å². The molecule has 6 heteroatoms. The number of nitrogens with zero attached hydrogens (tertiary/aromatic N) is 3. The minimum Gasteiger partial charge on any atom is -0.368 e. The maximum atomic E-state index is 13.0. The van der Waals surface area contributed by atoms with Crippen LogP contribution >= 0.6 is 0 Å². The summed E-state index contributed by atoms with van der Waals surface area (Å²) >= 11 is 0. The molecule has 2 unspecified atom stereocenters. The number of primary amides is 1. The molecule has 2 heterocycles. The Morgan fingerprint density at radius 3 is 2.95 bits per heavy atom. The summed E-state index contributed by atoms with van der Waals surface area (Å²) in [5.41, 5.74) is 5.19. The standard InChI is InChI=1S/C16H17N4O2/c17-10-11-5-4-6-13(19-11)20-12(14(18)21)9-16(15(20)22)7-2-1-3-8-16/h2,4-6,12H,1,3,7-9H2,(H2,18,21). The average molecular weight is 297 g/mol. The fraction of sp³-hybridized carbons (Fsp3) is 0.438. The highest BCUT2D eigenvalue weighted by Crippen LogP contribution is 2.47. The summed E-state index contributed by atoms with van der Waals surface area (Å²) in [6.07, 6.45) is 5.91. The van der Waals surface area contributed by atoms with Crippen LogP contribution in [0.25, 0.3) is 0 Å². The fourth-order valence-electron chi connectivity index (χ4n) is 3.50. The van der Waals surface area contributed by atoms with Gasteiger partial charge in [-0.1, -0.05) is 18.9 Å². The quantitative estimate of drug-likeness (QED) is 0.889. The largest absolute Gasteiger partial charge is 0.368 e. The van der Waals surface area contributed by atoms with Crippen molar-refractivity contribution in [1.82, 2.24) is 4.98 Å². The molecule has 1 aromatic heterocycles. The number of aromatic nitrogens is 1. The summed E-state index contributed by atoms with van der Waals surface area (Å²) in [5, 5.41) is 8.98. The van der Waals surface area contributed by atoms with E-state index in [0.717, 1.165) is 19.3 Å². The molecule has 113 valence electrons. The van der Waals surface area contributed by atoms with Gasteiger partial charge in [-0.15, -0.1) is 0 Å². The lowest BCUT2D eigenvalue weighted by Crippen LogP contribution is -2.43. The van der Waals surface area contributed by atoms with Gasteiger partial charge in [-0.3, -0.25) is 14.5 Å². The van der Waals surface area contributed by atoms with Crippen LogP contribution in [0.15, 0.2) is 18.2 Å². The molecule has 0 bridgehead atoms. The summed E-state index contributed by atoms with van der Waals surface area (Å²) in [6.45, 7) is 0. The number of rotatable bonds is 2. The number of anilines is 1. The Labute approximate surface area is 128 Å². The van der Waals surface area contributed by atoms with Gasteiger partial charge < -0.3 is 5.73 Å².